The molecule has 1 saturated heterocycles. The first-order chi connectivity index (χ1) is 11.9. The highest BCUT2D eigenvalue weighted by atomic mass is 79.9. The summed E-state index contributed by atoms with van der Waals surface area (Å²) in [6, 6.07) is 8.19. The fourth-order valence-corrected chi connectivity index (χ4v) is 5.05. The Balaban J connectivity index is 1.70. The summed E-state index contributed by atoms with van der Waals surface area (Å²) in [7, 11) is 1.95. The Morgan fingerprint density at radius 1 is 1.28 bits per heavy atom. The van der Waals surface area contributed by atoms with E-state index in [0.717, 1.165) is 46.8 Å². The average molecular weight is 406 g/mol. The van der Waals surface area contributed by atoms with Crippen LogP contribution in [0.2, 0.25) is 0 Å². The second-order valence-corrected chi connectivity index (χ2v) is 8.57. The molecule has 0 radical (unpaired) electrons. The molecule has 136 valence electrons. The van der Waals surface area contributed by atoms with Crippen LogP contribution in [0, 0.1) is 11.8 Å². The first kappa shape index (κ1) is 18.5. The molecule has 25 heavy (non-hydrogen) atoms. The second-order valence-electron chi connectivity index (χ2n) is 7.78. The van der Waals surface area contributed by atoms with Gasteiger partial charge in [0.2, 0.25) is 0 Å². The van der Waals surface area contributed by atoms with E-state index >= 15 is 0 Å². The van der Waals surface area contributed by atoms with Gasteiger partial charge in [0.15, 0.2) is 0 Å². The maximum absolute atomic E-state index is 12.9. The Kier molecular flexibility index (Phi) is 5.54. The topological polar surface area (TPSA) is 37.3 Å². The van der Waals surface area contributed by atoms with Crippen LogP contribution in [-0.4, -0.2) is 41.1 Å². The van der Waals surface area contributed by atoms with Gasteiger partial charge < -0.3 is 14.8 Å². The van der Waals surface area contributed by atoms with Crippen LogP contribution >= 0.6 is 15.9 Å². The van der Waals surface area contributed by atoms with Crippen molar-refractivity contribution >= 4 is 32.7 Å². The lowest BCUT2D eigenvalue weighted by Gasteiger charge is -2.36. The SMILES string of the molecule is CC1CC(C)CN(CC(C)NC(=O)c2c(Br)c3ccccc3n2C)C1. The highest BCUT2D eigenvalue weighted by Crippen LogP contribution is 2.30. The largest absolute Gasteiger partial charge is 0.347 e. The monoisotopic (exact) mass is 405 g/mol. The minimum absolute atomic E-state index is 0.0174. The first-order valence-electron chi connectivity index (χ1n) is 9.13. The fraction of sp³-hybridized carbons (Fsp3) is 0.550. The van der Waals surface area contributed by atoms with E-state index in [4.69, 9.17) is 0 Å². The lowest BCUT2D eigenvalue weighted by Crippen LogP contribution is -2.47. The number of hydrogen-bond acceptors (Lipinski definition) is 2. The number of benzene rings is 1. The van der Waals surface area contributed by atoms with Crippen LogP contribution in [-0.2, 0) is 7.05 Å². The molecular formula is C20H28BrN3O. The number of amides is 1. The molecule has 1 aromatic carbocycles. The van der Waals surface area contributed by atoms with Crippen molar-refractivity contribution in [1.82, 2.24) is 14.8 Å². The number of piperidine rings is 1. The third-order valence-corrected chi connectivity index (χ3v) is 5.92. The van der Waals surface area contributed by atoms with Crippen LogP contribution in [0.5, 0.6) is 0 Å². The second kappa shape index (κ2) is 7.50. The van der Waals surface area contributed by atoms with E-state index in [2.05, 4.69) is 46.9 Å². The first-order valence-corrected chi connectivity index (χ1v) is 9.92. The van der Waals surface area contributed by atoms with E-state index in [1.807, 2.05) is 35.9 Å². The number of aryl methyl sites for hydroxylation is 1. The molecule has 3 unspecified atom stereocenters. The number of nitrogens with zero attached hydrogens (tertiary/aromatic N) is 2. The van der Waals surface area contributed by atoms with Gasteiger partial charge in [-0.15, -0.1) is 0 Å². The molecule has 3 rings (SSSR count). The molecule has 1 aliphatic heterocycles. The smallest absolute Gasteiger partial charge is 0.269 e. The van der Waals surface area contributed by atoms with Gasteiger partial charge in [-0.3, -0.25) is 4.79 Å². The van der Waals surface area contributed by atoms with Gasteiger partial charge in [0, 0.05) is 43.6 Å². The third-order valence-electron chi connectivity index (χ3n) is 5.11. The molecular weight excluding hydrogens is 378 g/mol. The van der Waals surface area contributed by atoms with Gasteiger partial charge in [0.05, 0.1) is 4.47 Å². The summed E-state index contributed by atoms with van der Waals surface area (Å²) < 4.78 is 2.84. The van der Waals surface area contributed by atoms with Gasteiger partial charge in [0.25, 0.3) is 5.91 Å². The Morgan fingerprint density at radius 2 is 1.92 bits per heavy atom. The van der Waals surface area contributed by atoms with E-state index in [1.54, 1.807) is 0 Å². The molecule has 1 amide bonds. The number of carbonyl (C=O) groups is 1. The van der Waals surface area contributed by atoms with E-state index in [1.165, 1.54) is 6.42 Å². The molecule has 1 aromatic heterocycles. The average Bonchev–Trinajstić information content (AvgIpc) is 2.78. The lowest BCUT2D eigenvalue weighted by molar-refractivity contribution is 0.0896. The van der Waals surface area contributed by atoms with Crippen LogP contribution < -0.4 is 5.32 Å². The van der Waals surface area contributed by atoms with Crippen molar-refractivity contribution in [3.05, 3.63) is 34.4 Å². The zero-order chi connectivity index (χ0) is 18.1. The normalized spacial score (nSPS) is 22.9. The third kappa shape index (κ3) is 3.93. The standard InChI is InChI=1S/C20H28BrN3O/c1-13-9-14(2)11-24(10-13)12-15(3)22-20(25)19-18(21)16-7-5-6-8-17(16)23(19)4/h5-8,13-15H,9-12H2,1-4H3,(H,22,25). The van der Waals surface area contributed by atoms with Crippen LogP contribution in [0.25, 0.3) is 10.9 Å². The summed E-state index contributed by atoms with van der Waals surface area (Å²) in [4.78, 5) is 15.3. The van der Waals surface area contributed by atoms with Crippen molar-refractivity contribution in [2.75, 3.05) is 19.6 Å². The number of fused-ring (bicyclic) bond motifs is 1. The quantitative estimate of drug-likeness (QED) is 0.832. The predicted octanol–water partition coefficient (Wildman–Crippen LogP) is 4.04. The molecule has 0 aliphatic carbocycles. The zero-order valence-corrected chi connectivity index (χ0v) is 17.1. The minimum atomic E-state index is -0.0174. The highest BCUT2D eigenvalue weighted by molar-refractivity contribution is 9.10. The number of aromatic nitrogens is 1. The molecule has 0 spiro atoms. The Labute approximate surface area is 158 Å². The number of likely N-dealkylation sites (tertiary alicyclic amines) is 1. The zero-order valence-electron chi connectivity index (χ0n) is 15.6. The molecule has 4 nitrogen and oxygen atoms in total. The minimum Gasteiger partial charge on any atom is -0.347 e. The molecule has 1 fully saturated rings. The number of halogens is 1. The van der Waals surface area contributed by atoms with E-state index in [9.17, 15) is 4.79 Å². The van der Waals surface area contributed by atoms with Crippen LogP contribution in [0.15, 0.2) is 28.7 Å². The van der Waals surface area contributed by atoms with Crippen molar-refractivity contribution in [3.63, 3.8) is 0 Å². The fourth-order valence-electron chi connectivity index (χ4n) is 4.27. The van der Waals surface area contributed by atoms with E-state index < -0.39 is 0 Å². The van der Waals surface area contributed by atoms with Gasteiger partial charge in [0.1, 0.15) is 5.69 Å². The number of hydrogen-bond donors (Lipinski definition) is 1. The lowest BCUT2D eigenvalue weighted by atomic mass is 9.92. The van der Waals surface area contributed by atoms with Crippen LogP contribution in [0.4, 0.5) is 0 Å². The van der Waals surface area contributed by atoms with E-state index in [-0.39, 0.29) is 11.9 Å². The van der Waals surface area contributed by atoms with Gasteiger partial charge in [-0.2, -0.15) is 0 Å². The van der Waals surface area contributed by atoms with Crippen molar-refractivity contribution in [2.45, 2.75) is 33.2 Å². The number of carbonyl (C=O) groups excluding carboxylic acids is 1. The van der Waals surface area contributed by atoms with Gasteiger partial charge in [-0.25, -0.2) is 0 Å². The summed E-state index contributed by atoms with van der Waals surface area (Å²) >= 11 is 3.62. The van der Waals surface area contributed by atoms with Crippen molar-refractivity contribution in [1.29, 1.82) is 0 Å². The highest BCUT2D eigenvalue weighted by Gasteiger charge is 2.25. The summed E-state index contributed by atoms with van der Waals surface area (Å²) in [5, 5.41) is 4.26. The molecule has 3 atom stereocenters. The van der Waals surface area contributed by atoms with Crippen LogP contribution in [0.3, 0.4) is 0 Å². The molecule has 2 aromatic rings. The van der Waals surface area contributed by atoms with Gasteiger partial charge in [-0.05, 0) is 47.2 Å². The predicted molar refractivity (Wildman–Crippen MR) is 107 cm³/mol. The van der Waals surface area contributed by atoms with Crippen molar-refractivity contribution in [2.24, 2.45) is 18.9 Å². The maximum Gasteiger partial charge on any atom is 0.269 e. The summed E-state index contributed by atoms with van der Waals surface area (Å²) in [5.74, 6) is 1.45. The van der Waals surface area contributed by atoms with Crippen molar-refractivity contribution in [3.8, 4) is 0 Å². The molecule has 1 N–H and O–H groups in total. The number of rotatable bonds is 4. The number of para-hydroxylation sites is 1. The van der Waals surface area contributed by atoms with Gasteiger partial charge >= 0.3 is 0 Å². The van der Waals surface area contributed by atoms with E-state index in [0.29, 0.717) is 5.69 Å². The molecule has 1 aliphatic rings. The Hall–Kier alpha value is -1.33. The summed E-state index contributed by atoms with van der Waals surface area (Å²) in [6.45, 7) is 9.89. The molecule has 0 bridgehead atoms. The Bertz CT molecular complexity index is 721. The Morgan fingerprint density at radius 3 is 2.56 bits per heavy atom. The molecule has 5 heteroatoms. The maximum atomic E-state index is 12.9. The summed E-state index contributed by atoms with van der Waals surface area (Å²) in [6.07, 6.45) is 1.31. The van der Waals surface area contributed by atoms with Crippen molar-refractivity contribution < 1.29 is 4.79 Å². The van der Waals surface area contributed by atoms with Gasteiger partial charge in [-0.1, -0.05) is 32.0 Å². The molecule has 2 heterocycles. The number of nitrogens with one attached hydrogen (secondary N) is 1. The molecule has 0 saturated carbocycles. The van der Waals surface area contributed by atoms with Crippen LogP contribution in [0.1, 0.15) is 37.7 Å². The summed E-state index contributed by atoms with van der Waals surface area (Å²) in [5.41, 5.74) is 1.75.